The van der Waals surface area contributed by atoms with Crippen LogP contribution in [0.25, 0.3) is 0 Å². The fourth-order valence-corrected chi connectivity index (χ4v) is 7.10. The van der Waals surface area contributed by atoms with Gasteiger partial charge in [0.2, 0.25) is 41.4 Å². The minimum Gasteiger partial charge on any atom is -0.480 e. The van der Waals surface area contributed by atoms with Crippen molar-refractivity contribution in [3.05, 3.63) is 35.9 Å². The van der Waals surface area contributed by atoms with Crippen LogP contribution in [0.5, 0.6) is 0 Å². The fraction of sp³-hybridized carbons (Fsp3) is 0.689. The van der Waals surface area contributed by atoms with Gasteiger partial charge >= 0.3 is 5.97 Å². The van der Waals surface area contributed by atoms with Crippen LogP contribution in [0.4, 0.5) is 0 Å². The normalized spacial score (nSPS) is 15.2. The maximum Gasteiger partial charge on any atom is 0.328 e. The molecule has 0 aliphatic carbocycles. The number of likely N-dealkylation sites (N-methyl/N-ethyl adjacent to an activating group) is 5. The molecule has 0 heterocycles. The Hall–Kier alpha value is -5.10. The summed E-state index contributed by atoms with van der Waals surface area (Å²) in [4.78, 5) is 113. The molecule has 0 aliphatic rings. The summed E-state index contributed by atoms with van der Waals surface area (Å²) in [6.45, 7) is 14.9. The number of aliphatic carboxylic acids is 1. The highest BCUT2D eigenvalue weighted by Crippen LogP contribution is 2.19. The highest BCUT2D eigenvalue weighted by Gasteiger charge is 2.39. The Balaban J connectivity index is 3.42. The molecule has 0 radical (unpaired) electrons. The van der Waals surface area contributed by atoms with Gasteiger partial charge in [-0.25, -0.2) is 4.79 Å². The number of nitrogens with zero attached hydrogens (tertiary/aromatic N) is 4. The Morgan fingerprint density at radius 2 is 1.17 bits per heavy atom. The number of aliphatic hydroxyl groups excluding tert-OH is 1. The lowest BCUT2D eigenvalue weighted by atomic mass is 9.96. The third-order valence-corrected chi connectivity index (χ3v) is 11.4. The second-order valence-corrected chi connectivity index (χ2v) is 17.8. The summed E-state index contributed by atoms with van der Waals surface area (Å²) in [5, 5.41) is 29.7. The van der Waals surface area contributed by atoms with Gasteiger partial charge in [-0.2, -0.15) is 0 Å². The Labute approximate surface area is 374 Å². The van der Waals surface area contributed by atoms with Gasteiger partial charge in [-0.05, 0) is 56.0 Å². The molecule has 6 N–H and O–H groups in total. The van der Waals surface area contributed by atoms with Crippen molar-refractivity contribution in [2.75, 3.05) is 48.4 Å². The van der Waals surface area contributed by atoms with E-state index in [4.69, 9.17) is 0 Å². The maximum absolute atomic E-state index is 14.5. The summed E-state index contributed by atoms with van der Waals surface area (Å²) in [7, 11) is 7.44. The Kier molecular flexibility index (Phi) is 23.5. The van der Waals surface area contributed by atoms with Crippen LogP contribution in [-0.2, 0) is 44.8 Å². The molecule has 0 saturated carbocycles. The lowest BCUT2D eigenvalue weighted by Crippen LogP contribution is -2.60. The topological polar surface area (TPSA) is 238 Å². The van der Waals surface area contributed by atoms with Crippen LogP contribution in [0.2, 0.25) is 0 Å². The van der Waals surface area contributed by atoms with E-state index in [0.29, 0.717) is 6.42 Å². The molecule has 7 amide bonds. The average molecular weight is 889 g/mol. The summed E-state index contributed by atoms with van der Waals surface area (Å²) < 4.78 is 0. The van der Waals surface area contributed by atoms with E-state index in [2.05, 4.69) is 21.3 Å². The Bertz CT molecular complexity index is 1690. The number of aliphatic hydroxyl groups is 1. The second-order valence-electron chi connectivity index (χ2n) is 17.8. The zero-order chi connectivity index (χ0) is 48.5. The van der Waals surface area contributed by atoms with E-state index in [1.807, 2.05) is 58.0 Å². The third kappa shape index (κ3) is 16.8. The fourth-order valence-electron chi connectivity index (χ4n) is 7.10. The lowest BCUT2D eigenvalue weighted by Gasteiger charge is -2.36. The molecule has 0 aliphatic heterocycles. The van der Waals surface area contributed by atoms with Gasteiger partial charge in [0.25, 0.3) is 0 Å². The molecular weight excluding hydrogens is 813 g/mol. The van der Waals surface area contributed by atoms with E-state index in [1.54, 1.807) is 48.7 Å². The molecular formula is C45H76N8O10. The first kappa shape index (κ1) is 55.9. The first-order valence-corrected chi connectivity index (χ1v) is 21.8. The number of hydrogen-bond acceptors (Lipinski definition) is 10. The highest BCUT2D eigenvalue weighted by atomic mass is 16.4. The Morgan fingerprint density at radius 3 is 1.65 bits per heavy atom. The molecule has 0 bridgehead atoms. The van der Waals surface area contributed by atoms with Crippen molar-refractivity contribution in [3.63, 3.8) is 0 Å². The second kappa shape index (κ2) is 26.5. The number of amides is 7. The maximum atomic E-state index is 14.5. The molecule has 1 aromatic rings. The van der Waals surface area contributed by atoms with E-state index >= 15 is 0 Å². The average Bonchev–Trinajstić information content (AvgIpc) is 3.23. The van der Waals surface area contributed by atoms with Crippen molar-refractivity contribution in [1.29, 1.82) is 0 Å². The molecule has 0 aromatic heterocycles. The van der Waals surface area contributed by atoms with Gasteiger partial charge in [0.05, 0.1) is 19.2 Å². The molecule has 63 heavy (non-hydrogen) atoms. The summed E-state index contributed by atoms with van der Waals surface area (Å²) in [5.74, 6) is -6.46. The van der Waals surface area contributed by atoms with Crippen LogP contribution in [0.15, 0.2) is 30.3 Å². The van der Waals surface area contributed by atoms with Crippen molar-refractivity contribution < 1.29 is 48.6 Å². The number of hydrogen-bond donors (Lipinski definition) is 6. The summed E-state index contributed by atoms with van der Waals surface area (Å²) >= 11 is 0. The standard InChI is InChI=1S/C45H76N8O10/c1-15-29(8)38(41(58)48-33(25-54)45(62)63)53(14)36(55)24-50(11)44(61)37(28(6)7)49-40(57)34(22-27(4)5)52(13)43(60)32(21-26(2)3)47-39(56)35(23-31-19-17-16-18-20-31)51(12)42(59)30(9)46-10/h16-20,26-30,32-35,37-38,46,54H,15,21-25H2,1-14H3,(H,47,56)(H,48,58)(H,49,57)(H,62,63)/t29-,30-,32-,33-,34-,35-,37-,38-/m0/s1. The summed E-state index contributed by atoms with van der Waals surface area (Å²) in [6, 6.07) is 1.74. The third-order valence-electron chi connectivity index (χ3n) is 11.4. The SMILES string of the molecule is CC[C@H](C)[C@@H](C(=O)N[C@@H](CO)C(=O)O)N(C)C(=O)CN(C)C(=O)[C@@H](NC(=O)[C@H](CC(C)C)N(C)C(=O)[C@H](CC(C)C)NC(=O)[C@H](Cc1ccccc1)N(C)C(=O)[C@H](C)NC)C(C)C. The molecule has 0 unspecified atom stereocenters. The van der Waals surface area contributed by atoms with Crippen LogP contribution < -0.4 is 21.3 Å². The molecule has 1 aromatic carbocycles. The molecule has 356 valence electrons. The molecule has 0 fully saturated rings. The number of rotatable bonds is 26. The first-order valence-electron chi connectivity index (χ1n) is 21.8. The number of carbonyl (C=O) groups is 8. The van der Waals surface area contributed by atoms with Crippen molar-refractivity contribution in [3.8, 4) is 0 Å². The zero-order valence-corrected chi connectivity index (χ0v) is 39.9. The summed E-state index contributed by atoms with van der Waals surface area (Å²) in [6.07, 6.45) is 1.08. The minimum atomic E-state index is -1.57. The smallest absolute Gasteiger partial charge is 0.328 e. The predicted octanol–water partition coefficient (Wildman–Crippen LogP) is 1.10. The van der Waals surface area contributed by atoms with Gasteiger partial charge in [-0.15, -0.1) is 0 Å². The van der Waals surface area contributed by atoms with Crippen LogP contribution in [-0.4, -0.2) is 168 Å². The molecule has 18 nitrogen and oxygen atoms in total. The van der Waals surface area contributed by atoms with E-state index < -0.39 is 109 Å². The zero-order valence-electron chi connectivity index (χ0n) is 39.9. The van der Waals surface area contributed by atoms with Gasteiger partial charge in [-0.3, -0.25) is 33.6 Å². The number of benzene rings is 1. The van der Waals surface area contributed by atoms with Crippen molar-refractivity contribution in [2.45, 2.75) is 130 Å². The van der Waals surface area contributed by atoms with Gasteiger partial charge in [0, 0.05) is 34.6 Å². The molecule has 18 heteroatoms. The van der Waals surface area contributed by atoms with E-state index in [9.17, 15) is 48.6 Å². The molecule has 0 saturated heterocycles. The van der Waals surface area contributed by atoms with Gasteiger partial charge in [-0.1, -0.05) is 92.1 Å². The Morgan fingerprint density at radius 1 is 0.651 bits per heavy atom. The largest absolute Gasteiger partial charge is 0.480 e. The number of nitrogens with one attached hydrogen (secondary N) is 4. The van der Waals surface area contributed by atoms with E-state index in [1.165, 1.54) is 30.9 Å². The number of carboxylic acids is 1. The van der Waals surface area contributed by atoms with Gasteiger partial charge < -0.3 is 51.1 Å². The number of carbonyl (C=O) groups excluding carboxylic acids is 7. The summed E-state index contributed by atoms with van der Waals surface area (Å²) in [5.41, 5.74) is 0.816. The van der Waals surface area contributed by atoms with Crippen molar-refractivity contribution in [2.24, 2.45) is 23.7 Å². The van der Waals surface area contributed by atoms with Crippen LogP contribution >= 0.6 is 0 Å². The van der Waals surface area contributed by atoms with Crippen LogP contribution in [0, 0.1) is 23.7 Å². The van der Waals surface area contributed by atoms with Gasteiger partial charge in [0.15, 0.2) is 0 Å². The van der Waals surface area contributed by atoms with Gasteiger partial charge in [0.1, 0.15) is 36.3 Å². The monoisotopic (exact) mass is 889 g/mol. The molecule has 8 atom stereocenters. The lowest BCUT2D eigenvalue weighted by molar-refractivity contribution is -0.148. The van der Waals surface area contributed by atoms with Crippen LogP contribution in [0.3, 0.4) is 0 Å². The minimum absolute atomic E-state index is 0.0569. The van der Waals surface area contributed by atoms with E-state index in [-0.39, 0.29) is 37.0 Å². The van der Waals surface area contributed by atoms with Crippen molar-refractivity contribution in [1.82, 2.24) is 40.9 Å². The highest BCUT2D eigenvalue weighted by molar-refractivity contribution is 5.97. The quantitative estimate of drug-likeness (QED) is 0.0771. The molecule has 0 spiro atoms. The predicted molar refractivity (Wildman–Crippen MR) is 240 cm³/mol. The van der Waals surface area contributed by atoms with E-state index in [0.717, 1.165) is 15.4 Å². The van der Waals surface area contributed by atoms with Crippen LogP contribution in [0.1, 0.15) is 87.1 Å². The molecule has 1 rings (SSSR count). The van der Waals surface area contributed by atoms with Crippen molar-refractivity contribution >= 4 is 47.3 Å². The first-order chi connectivity index (χ1) is 29.3. The number of carboxylic acid groups (broad SMARTS) is 1.